The highest BCUT2D eigenvalue weighted by Gasteiger charge is 2.26. The molecular weight excluding hydrogens is 452 g/mol. The summed E-state index contributed by atoms with van der Waals surface area (Å²) < 4.78 is 0. The lowest BCUT2D eigenvalue weighted by Crippen LogP contribution is -2.34. The molecule has 0 aromatic heterocycles. The monoisotopic (exact) mass is 480 g/mol. The van der Waals surface area contributed by atoms with E-state index in [1.807, 2.05) is 122 Å². The van der Waals surface area contributed by atoms with Crippen LogP contribution in [0.4, 0.5) is 17.1 Å². The van der Waals surface area contributed by atoms with Gasteiger partial charge in [-0.15, -0.1) is 11.8 Å². The maximum Gasteiger partial charge on any atom is 0.245 e. The molecule has 0 aliphatic rings. The molecule has 1 atom stereocenters. The highest BCUT2D eigenvalue weighted by Crippen LogP contribution is 2.33. The molecule has 0 saturated carbocycles. The van der Waals surface area contributed by atoms with E-state index in [0.29, 0.717) is 12.8 Å². The highest BCUT2D eigenvalue weighted by atomic mass is 32.2. The van der Waals surface area contributed by atoms with E-state index in [-0.39, 0.29) is 17.1 Å². The molecule has 35 heavy (non-hydrogen) atoms. The highest BCUT2D eigenvalue weighted by molar-refractivity contribution is 8.00. The topological polar surface area (TPSA) is 49.4 Å². The Morgan fingerprint density at radius 2 is 1.26 bits per heavy atom. The number of hydrogen-bond donors (Lipinski definition) is 1. The number of para-hydroxylation sites is 2. The van der Waals surface area contributed by atoms with Crippen molar-refractivity contribution < 1.29 is 9.59 Å². The molecule has 0 aliphatic heterocycles. The second-order valence-electron chi connectivity index (χ2n) is 8.09. The molecular formula is C30H28N2O2S. The average Bonchev–Trinajstić information content (AvgIpc) is 2.90. The van der Waals surface area contributed by atoms with Gasteiger partial charge in [0.1, 0.15) is 0 Å². The molecule has 0 fully saturated rings. The first kappa shape index (κ1) is 24.3. The fourth-order valence-electron chi connectivity index (χ4n) is 3.78. The van der Waals surface area contributed by atoms with Crippen LogP contribution in [0, 0.1) is 0 Å². The number of nitrogens with one attached hydrogen (secondary N) is 1. The van der Waals surface area contributed by atoms with Gasteiger partial charge in [-0.1, -0.05) is 73.7 Å². The lowest BCUT2D eigenvalue weighted by molar-refractivity contribution is -0.117. The first-order valence-electron chi connectivity index (χ1n) is 11.7. The number of rotatable bonds is 9. The molecule has 0 radical (unpaired) electrons. The Balaban J connectivity index is 1.45. The van der Waals surface area contributed by atoms with Crippen molar-refractivity contribution in [3.8, 4) is 0 Å². The summed E-state index contributed by atoms with van der Waals surface area (Å²) in [6.07, 6.45) is 1.02. The van der Waals surface area contributed by atoms with Crippen LogP contribution in [0.5, 0.6) is 0 Å². The molecule has 4 aromatic rings. The number of nitrogens with zero attached hydrogens (tertiary/aromatic N) is 1. The first-order valence-corrected chi connectivity index (χ1v) is 12.6. The molecule has 176 valence electrons. The third-order valence-corrected chi connectivity index (χ3v) is 6.88. The minimum atomic E-state index is -0.256. The van der Waals surface area contributed by atoms with Crippen LogP contribution in [-0.2, 0) is 16.0 Å². The molecule has 4 aromatic carbocycles. The Kier molecular flexibility index (Phi) is 8.36. The summed E-state index contributed by atoms with van der Waals surface area (Å²) >= 11 is 1.54. The number of amides is 2. The molecule has 0 aliphatic carbocycles. The van der Waals surface area contributed by atoms with Crippen LogP contribution in [0.1, 0.15) is 18.9 Å². The van der Waals surface area contributed by atoms with E-state index in [0.717, 1.165) is 27.5 Å². The van der Waals surface area contributed by atoms with Crippen molar-refractivity contribution in [2.75, 3.05) is 10.2 Å². The number of benzene rings is 4. The van der Waals surface area contributed by atoms with Gasteiger partial charge in [0.15, 0.2) is 0 Å². The van der Waals surface area contributed by atoms with Crippen LogP contribution in [-0.4, -0.2) is 17.1 Å². The van der Waals surface area contributed by atoms with E-state index in [2.05, 4.69) is 5.32 Å². The lowest BCUT2D eigenvalue weighted by atomic mass is 10.1. The maximum atomic E-state index is 13.7. The van der Waals surface area contributed by atoms with Crippen LogP contribution >= 0.6 is 11.8 Å². The van der Waals surface area contributed by atoms with Crippen molar-refractivity contribution in [1.29, 1.82) is 0 Å². The normalized spacial score (nSPS) is 11.5. The van der Waals surface area contributed by atoms with E-state index < -0.39 is 0 Å². The maximum absolute atomic E-state index is 13.7. The number of carbonyl (C=O) groups is 2. The predicted molar refractivity (Wildman–Crippen MR) is 145 cm³/mol. The van der Waals surface area contributed by atoms with Gasteiger partial charge >= 0.3 is 0 Å². The quantitative estimate of drug-likeness (QED) is 0.260. The summed E-state index contributed by atoms with van der Waals surface area (Å²) in [6.45, 7) is 2.03. The molecule has 2 amide bonds. The fraction of sp³-hybridized carbons (Fsp3) is 0.133. The van der Waals surface area contributed by atoms with E-state index in [1.165, 1.54) is 0 Å². The van der Waals surface area contributed by atoms with Gasteiger partial charge in [-0.25, -0.2) is 0 Å². The van der Waals surface area contributed by atoms with Crippen LogP contribution in [0.25, 0.3) is 0 Å². The minimum absolute atomic E-state index is 0.0372. The summed E-state index contributed by atoms with van der Waals surface area (Å²) in [4.78, 5) is 28.8. The van der Waals surface area contributed by atoms with Crippen molar-refractivity contribution in [2.45, 2.75) is 29.9 Å². The van der Waals surface area contributed by atoms with Gasteiger partial charge in [0, 0.05) is 22.0 Å². The molecule has 0 spiro atoms. The SMILES string of the molecule is CCC(Sc1ccc(NC(=O)Cc2ccccc2)cc1)C(=O)N(c1ccccc1)c1ccccc1. The molecule has 4 nitrogen and oxygen atoms in total. The number of carbonyl (C=O) groups excluding carboxylic acids is 2. The fourth-order valence-corrected chi connectivity index (χ4v) is 4.77. The molecule has 5 heteroatoms. The van der Waals surface area contributed by atoms with Gasteiger partial charge < -0.3 is 5.32 Å². The molecule has 0 heterocycles. The molecule has 0 saturated heterocycles. The van der Waals surface area contributed by atoms with Gasteiger partial charge in [0.2, 0.25) is 11.8 Å². The Hall–Kier alpha value is -3.83. The Morgan fingerprint density at radius 1 is 0.743 bits per heavy atom. The zero-order chi connectivity index (χ0) is 24.5. The second kappa shape index (κ2) is 12.0. The molecule has 1 unspecified atom stereocenters. The average molecular weight is 481 g/mol. The summed E-state index contributed by atoms with van der Waals surface area (Å²) in [7, 11) is 0. The van der Waals surface area contributed by atoms with Gasteiger partial charge in [0.25, 0.3) is 0 Å². The standard InChI is InChI=1S/C30H28N2O2S/c1-2-28(30(34)32(25-14-8-4-9-15-25)26-16-10-5-11-17-26)35-27-20-18-24(19-21-27)31-29(33)22-23-12-6-3-7-13-23/h3-21,28H,2,22H2,1H3,(H,31,33). The van der Waals surface area contributed by atoms with Crippen molar-refractivity contribution in [1.82, 2.24) is 0 Å². The minimum Gasteiger partial charge on any atom is -0.326 e. The van der Waals surface area contributed by atoms with Crippen molar-refractivity contribution in [3.63, 3.8) is 0 Å². The van der Waals surface area contributed by atoms with Crippen LogP contribution < -0.4 is 10.2 Å². The largest absolute Gasteiger partial charge is 0.326 e. The van der Waals surface area contributed by atoms with Crippen molar-refractivity contribution >= 4 is 40.6 Å². The Labute approximate surface area is 211 Å². The van der Waals surface area contributed by atoms with Gasteiger partial charge in [0.05, 0.1) is 11.7 Å². The van der Waals surface area contributed by atoms with Gasteiger partial charge in [-0.3, -0.25) is 14.5 Å². The zero-order valence-electron chi connectivity index (χ0n) is 19.6. The molecule has 4 rings (SSSR count). The third-order valence-electron chi connectivity index (χ3n) is 5.52. The van der Waals surface area contributed by atoms with Gasteiger partial charge in [-0.2, -0.15) is 0 Å². The summed E-state index contributed by atoms with van der Waals surface area (Å²) in [5, 5.41) is 2.69. The van der Waals surface area contributed by atoms with Crippen LogP contribution in [0.3, 0.4) is 0 Å². The number of hydrogen-bond acceptors (Lipinski definition) is 3. The summed E-state index contributed by atoms with van der Waals surface area (Å²) in [5.74, 6) is -0.0188. The van der Waals surface area contributed by atoms with Crippen LogP contribution in [0.15, 0.2) is 120 Å². The van der Waals surface area contributed by atoms with E-state index in [9.17, 15) is 9.59 Å². The first-order chi connectivity index (χ1) is 17.1. The Bertz CT molecular complexity index is 1190. The molecule has 0 bridgehead atoms. The third kappa shape index (κ3) is 6.61. The Morgan fingerprint density at radius 3 is 1.77 bits per heavy atom. The van der Waals surface area contributed by atoms with Crippen molar-refractivity contribution in [3.05, 3.63) is 121 Å². The van der Waals surface area contributed by atoms with Crippen molar-refractivity contribution in [2.24, 2.45) is 0 Å². The lowest BCUT2D eigenvalue weighted by Gasteiger charge is -2.27. The number of thioether (sulfide) groups is 1. The smallest absolute Gasteiger partial charge is 0.245 e. The second-order valence-corrected chi connectivity index (χ2v) is 9.37. The van der Waals surface area contributed by atoms with E-state index in [1.54, 1.807) is 16.7 Å². The van der Waals surface area contributed by atoms with Gasteiger partial charge in [-0.05, 0) is 60.5 Å². The number of anilines is 3. The zero-order valence-corrected chi connectivity index (χ0v) is 20.4. The van der Waals surface area contributed by atoms with E-state index in [4.69, 9.17) is 0 Å². The van der Waals surface area contributed by atoms with Crippen LogP contribution in [0.2, 0.25) is 0 Å². The molecule has 1 N–H and O–H groups in total. The van der Waals surface area contributed by atoms with E-state index >= 15 is 0 Å². The summed E-state index contributed by atoms with van der Waals surface area (Å²) in [5.41, 5.74) is 3.41. The summed E-state index contributed by atoms with van der Waals surface area (Å²) in [6, 6.07) is 36.8. The predicted octanol–water partition coefficient (Wildman–Crippen LogP) is 7.10.